The highest BCUT2D eigenvalue weighted by molar-refractivity contribution is 7.98. The van der Waals surface area contributed by atoms with E-state index in [1.165, 1.54) is 11.1 Å². The first-order valence-electron chi connectivity index (χ1n) is 13.1. The Balaban J connectivity index is 1.25. The van der Waals surface area contributed by atoms with Gasteiger partial charge in [-0.2, -0.15) is 0 Å². The van der Waals surface area contributed by atoms with Crippen LogP contribution in [0.1, 0.15) is 49.7 Å². The molecule has 36 heavy (non-hydrogen) atoms. The van der Waals surface area contributed by atoms with Crippen molar-refractivity contribution in [1.82, 2.24) is 14.9 Å². The van der Waals surface area contributed by atoms with Crippen molar-refractivity contribution in [3.63, 3.8) is 0 Å². The van der Waals surface area contributed by atoms with Crippen LogP contribution in [0.5, 0.6) is 0 Å². The van der Waals surface area contributed by atoms with Crippen LogP contribution in [-0.4, -0.2) is 34.7 Å². The minimum absolute atomic E-state index is 0.0310. The van der Waals surface area contributed by atoms with Gasteiger partial charge in [-0.25, -0.2) is 4.98 Å². The fraction of sp³-hybridized carbons (Fsp3) is 0.483. The smallest absolute Gasteiger partial charge is 0.262 e. The number of carbonyl (C=O) groups excluding carboxylic acids is 1. The van der Waals surface area contributed by atoms with Gasteiger partial charge >= 0.3 is 0 Å². The van der Waals surface area contributed by atoms with Crippen molar-refractivity contribution < 1.29 is 9.53 Å². The fourth-order valence-corrected chi connectivity index (χ4v) is 6.24. The third-order valence-corrected chi connectivity index (χ3v) is 8.55. The molecule has 5 rings (SSSR count). The molecule has 0 radical (unpaired) electrons. The number of para-hydroxylation sites is 1. The number of amides is 1. The molecular weight excluding hydrogens is 470 g/mol. The van der Waals surface area contributed by atoms with Gasteiger partial charge in [0.05, 0.1) is 17.0 Å². The summed E-state index contributed by atoms with van der Waals surface area (Å²) in [6.07, 6.45) is 5.91. The zero-order valence-electron chi connectivity index (χ0n) is 20.9. The molecule has 2 aromatic carbocycles. The molecule has 3 aromatic rings. The van der Waals surface area contributed by atoms with Gasteiger partial charge in [-0.05, 0) is 69.1 Å². The predicted octanol–water partition coefficient (Wildman–Crippen LogP) is 5.10. The van der Waals surface area contributed by atoms with Crippen LogP contribution in [0.4, 0.5) is 0 Å². The maximum atomic E-state index is 13.5. The number of hydrogen-bond donors (Lipinski definition) is 1. The van der Waals surface area contributed by atoms with E-state index >= 15 is 0 Å². The topological polar surface area (TPSA) is 73.2 Å². The Kier molecular flexibility index (Phi) is 8.07. The number of hydrogen-bond acceptors (Lipinski definition) is 5. The van der Waals surface area contributed by atoms with E-state index in [1.807, 2.05) is 28.8 Å². The van der Waals surface area contributed by atoms with Crippen LogP contribution in [-0.2, 0) is 21.8 Å². The van der Waals surface area contributed by atoms with Crippen LogP contribution in [0.25, 0.3) is 10.9 Å². The summed E-state index contributed by atoms with van der Waals surface area (Å²) >= 11 is 1.62. The summed E-state index contributed by atoms with van der Waals surface area (Å²) in [6, 6.07) is 16.1. The maximum Gasteiger partial charge on any atom is 0.262 e. The van der Waals surface area contributed by atoms with Gasteiger partial charge in [-0.3, -0.25) is 14.2 Å². The van der Waals surface area contributed by atoms with Crippen molar-refractivity contribution in [1.29, 1.82) is 0 Å². The normalized spacial score (nSPS) is 22.1. The molecule has 1 aromatic heterocycles. The summed E-state index contributed by atoms with van der Waals surface area (Å²) in [5, 5.41) is 4.54. The molecule has 1 unspecified atom stereocenters. The Morgan fingerprint density at radius 2 is 1.86 bits per heavy atom. The lowest BCUT2D eigenvalue weighted by Crippen LogP contribution is -2.38. The molecule has 2 aliphatic rings. The highest BCUT2D eigenvalue weighted by Crippen LogP contribution is 2.31. The van der Waals surface area contributed by atoms with Crippen LogP contribution in [0.3, 0.4) is 0 Å². The third-order valence-electron chi connectivity index (χ3n) is 7.50. The van der Waals surface area contributed by atoms with E-state index in [1.54, 1.807) is 11.8 Å². The predicted molar refractivity (Wildman–Crippen MR) is 144 cm³/mol. The van der Waals surface area contributed by atoms with Gasteiger partial charge in [0, 0.05) is 31.4 Å². The zero-order chi connectivity index (χ0) is 24.9. The summed E-state index contributed by atoms with van der Waals surface area (Å²) in [7, 11) is 0. The van der Waals surface area contributed by atoms with Crippen molar-refractivity contribution in [3.05, 3.63) is 70.0 Å². The van der Waals surface area contributed by atoms with Gasteiger partial charge in [0.25, 0.3) is 5.56 Å². The summed E-state index contributed by atoms with van der Waals surface area (Å²) in [5.41, 5.74) is 3.23. The second-order valence-electron chi connectivity index (χ2n) is 10.2. The molecule has 6 nitrogen and oxygen atoms in total. The van der Waals surface area contributed by atoms with Gasteiger partial charge in [0.2, 0.25) is 5.91 Å². The SMILES string of the molecule is Cc1ccc(CSc2nc3ccccc3c(=O)n2CC2CCC(C(=O)NCC3CCCO3)CC2)cc1. The molecule has 1 saturated heterocycles. The van der Waals surface area contributed by atoms with Crippen molar-refractivity contribution in [2.24, 2.45) is 11.8 Å². The van der Waals surface area contributed by atoms with E-state index in [9.17, 15) is 9.59 Å². The van der Waals surface area contributed by atoms with Gasteiger partial charge < -0.3 is 10.1 Å². The Labute approximate surface area is 216 Å². The molecule has 190 valence electrons. The number of benzene rings is 2. The molecule has 1 N–H and O–H groups in total. The Morgan fingerprint density at radius 1 is 1.08 bits per heavy atom. The van der Waals surface area contributed by atoms with Gasteiger partial charge in [-0.15, -0.1) is 0 Å². The minimum Gasteiger partial charge on any atom is -0.376 e. The second-order valence-corrected chi connectivity index (χ2v) is 11.1. The van der Waals surface area contributed by atoms with E-state index in [2.05, 4.69) is 36.5 Å². The van der Waals surface area contributed by atoms with E-state index in [0.717, 1.165) is 61.6 Å². The number of aromatic nitrogens is 2. The van der Waals surface area contributed by atoms with Crippen LogP contribution in [0, 0.1) is 18.8 Å². The van der Waals surface area contributed by atoms with Crippen LogP contribution < -0.4 is 10.9 Å². The molecule has 0 bridgehead atoms. The Hall–Kier alpha value is -2.64. The largest absolute Gasteiger partial charge is 0.376 e. The van der Waals surface area contributed by atoms with Crippen molar-refractivity contribution in [2.75, 3.05) is 13.2 Å². The van der Waals surface area contributed by atoms with E-state index < -0.39 is 0 Å². The standard InChI is InChI=1S/C29H35N3O3S/c1-20-8-10-22(11-9-20)19-36-29-31-26-7-3-2-6-25(26)28(34)32(29)18-21-12-14-23(15-13-21)27(33)30-17-24-5-4-16-35-24/h2-3,6-11,21,23-24H,4-5,12-19H2,1H3,(H,30,33). The number of rotatable bonds is 8. The molecule has 0 spiro atoms. The molecule has 1 amide bonds. The number of nitrogens with zero attached hydrogens (tertiary/aromatic N) is 2. The number of fused-ring (bicyclic) bond motifs is 1. The number of thioether (sulfide) groups is 1. The monoisotopic (exact) mass is 505 g/mol. The molecule has 1 aliphatic heterocycles. The fourth-order valence-electron chi connectivity index (χ4n) is 5.28. The lowest BCUT2D eigenvalue weighted by Gasteiger charge is -2.29. The molecule has 2 fully saturated rings. The Bertz CT molecular complexity index is 1240. The van der Waals surface area contributed by atoms with Crippen molar-refractivity contribution in [2.45, 2.75) is 69.0 Å². The number of aryl methyl sites for hydroxylation is 1. The van der Waals surface area contributed by atoms with Crippen molar-refractivity contribution in [3.8, 4) is 0 Å². The van der Waals surface area contributed by atoms with Crippen LogP contribution >= 0.6 is 11.8 Å². The average Bonchev–Trinajstić information content (AvgIpc) is 3.43. The minimum atomic E-state index is 0.0310. The number of nitrogens with one attached hydrogen (secondary N) is 1. The highest BCUT2D eigenvalue weighted by Gasteiger charge is 2.28. The summed E-state index contributed by atoms with van der Waals surface area (Å²) in [6.45, 7) is 4.16. The number of ether oxygens (including phenoxy) is 1. The van der Waals surface area contributed by atoms with Crippen LogP contribution in [0.15, 0.2) is 58.5 Å². The third kappa shape index (κ3) is 6.01. The summed E-state index contributed by atoms with van der Waals surface area (Å²) in [4.78, 5) is 31.1. The molecule has 7 heteroatoms. The van der Waals surface area contributed by atoms with E-state index in [4.69, 9.17) is 9.72 Å². The molecule has 2 heterocycles. The zero-order valence-corrected chi connectivity index (χ0v) is 21.8. The maximum absolute atomic E-state index is 13.5. The average molecular weight is 506 g/mol. The quantitative estimate of drug-likeness (QED) is 0.341. The first kappa shape index (κ1) is 25.0. The number of carbonyl (C=O) groups is 1. The van der Waals surface area contributed by atoms with Crippen molar-refractivity contribution >= 4 is 28.6 Å². The molecule has 1 saturated carbocycles. The lowest BCUT2D eigenvalue weighted by atomic mass is 9.81. The first-order valence-corrected chi connectivity index (χ1v) is 14.1. The summed E-state index contributed by atoms with van der Waals surface area (Å²) < 4.78 is 7.50. The van der Waals surface area contributed by atoms with Gasteiger partial charge in [0.1, 0.15) is 0 Å². The van der Waals surface area contributed by atoms with Gasteiger partial charge in [-0.1, -0.05) is 53.7 Å². The molecular formula is C29H35N3O3S. The first-order chi connectivity index (χ1) is 17.6. The second kappa shape index (κ2) is 11.6. The highest BCUT2D eigenvalue weighted by atomic mass is 32.2. The summed E-state index contributed by atoms with van der Waals surface area (Å²) in [5.74, 6) is 1.35. The molecule has 1 atom stereocenters. The molecule has 1 aliphatic carbocycles. The van der Waals surface area contributed by atoms with Crippen LogP contribution in [0.2, 0.25) is 0 Å². The lowest BCUT2D eigenvalue weighted by molar-refractivity contribution is -0.126. The Morgan fingerprint density at radius 3 is 2.61 bits per heavy atom. The van der Waals surface area contributed by atoms with Gasteiger partial charge in [0.15, 0.2) is 5.16 Å². The van der Waals surface area contributed by atoms with E-state index in [0.29, 0.717) is 24.4 Å². The van der Waals surface area contributed by atoms with E-state index in [-0.39, 0.29) is 23.5 Å².